The highest BCUT2D eigenvalue weighted by molar-refractivity contribution is 6.00. The Morgan fingerprint density at radius 2 is 2.45 bits per heavy atom. The average Bonchev–Trinajstić information content (AvgIpc) is 2.36. The molecule has 0 fully saturated rings. The number of rotatable bonds is 1. The molecule has 60 valence electrons. The van der Waals surface area contributed by atoms with E-state index < -0.39 is 0 Å². The lowest BCUT2D eigenvalue weighted by Crippen LogP contribution is -2.22. The summed E-state index contributed by atoms with van der Waals surface area (Å²) in [6.45, 7) is 8.34. The maximum absolute atomic E-state index is 4.19. The zero-order valence-electron chi connectivity index (χ0n) is 6.94. The molecule has 0 radical (unpaired) electrons. The standard InChI is InChI=1S/C8H13N3/c1-4-9-8-7(6(2)3)10-5-11-8/h4,10H,1,5H2,2-3H3,(H,9,11). The Morgan fingerprint density at radius 3 is 3.00 bits per heavy atom. The lowest BCUT2D eigenvalue weighted by atomic mass is 10.2. The Bertz CT molecular complexity index is 221. The fraction of sp³-hybridized carbons (Fsp3) is 0.375. The minimum absolute atomic E-state index is 0.663. The number of hydrogen-bond acceptors (Lipinski definition) is 3. The first kappa shape index (κ1) is 7.85. The molecule has 0 saturated carbocycles. The predicted molar refractivity (Wildman–Crippen MR) is 47.1 cm³/mol. The predicted octanol–water partition coefficient (Wildman–Crippen LogP) is 0.973. The van der Waals surface area contributed by atoms with Gasteiger partial charge in [0, 0.05) is 0 Å². The van der Waals surface area contributed by atoms with E-state index in [0.29, 0.717) is 6.67 Å². The summed E-state index contributed by atoms with van der Waals surface area (Å²) in [5.74, 6) is 0.889. The number of hydrogen-bond donors (Lipinski definition) is 2. The monoisotopic (exact) mass is 151 g/mol. The van der Waals surface area contributed by atoms with Gasteiger partial charge in [0.15, 0.2) is 0 Å². The summed E-state index contributed by atoms with van der Waals surface area (Å²) in [7, 11) is 0. The maximum atomic E-state index is 4.19. The van der Waals surface area contributed by atoms with Crippen LogP contribution in [0.5, 0.6) is 0 Å². The minimum Gasteiger partial charge on any atom is -0.363 e. The fourth-order valence-electron chi connectivity index (χ4n) is 0.988. The van der Waals surface area contributed by atoms with Crippen LogP contribution < -0.4 is 10.6 Å². The number of amidine groups is 1. The van der Waals surface area contributed by atoms with Gasteiger partial charge in [0.2, 0.25) is 0 Å². The summed E-state index contributed by atoms with van der Waals surface area (Å²) in [5.41, 5.74) is 2.32. The molecule has 0 spiro atoms. The van der Waals surface area contributed by atoms with Crippen molar-refractivity contribution < 1.29 is 0 Å². The molecule has 3 nitrogen and oxygen atoms in total. The van der Waals surface area contributed by atoms with Gasteiger partial charge in [-0.1, -0.05) is 6.58 Å². The number of nitrogens with one attached hydrogen (secondary N) is 2. The Balaban J connectivity index is 2.79. The molecule has 1 heterocycles. The second-order valence-electron chi connectivity index (χ2n) is 2.57. The summed E-state index contributed by atoms with van der Waals surface area (Å²) in [5, 5.41) is 6.13. The van der Waals surface area contributed by atoms with Crippen molar-refractivity contribution in [3.8, 4) is 0 Å². The van der Waals surface area contributed by atoms with Crippen molar-refractivity contribution in [3.63, 3.8) is 0 Å². The Kier molecular flexibility index (Phi) is 2.31. The van der Waals surface area contributed by atoms with Gasteiger partial charge in [0.05, 0.1) is 5.70 Å². The van der Waals surface area contributed by atoms with Crippen LogP contribution in [-0.2, 0) is 0 Å². The highest BCUT2D eigenvalue weighted by Gasteiger charge is 2.11. The summed E-state index contributed by atoms with van der Waals surface area (Å²) in [6, 6.07) is 0. The van der Waals surface area contributed by atoms with E-state index in [9.17, 15) is 0 Å². The normalized spacial score (nSPS) is 15.5. The molecule has 0 amide bonds. The summed E-state index contributed by atoms with van der Waals surface area (Å²) in [4.78, 5) is 4.19. The van der Waals surface area contributed by atoms with Crippen molar-refractivity contribution in [2.24, 2.45) is 4.99 Å². The van der Waals surface area contributed by atoms with Crippen LogP contribution in [0.4, 0.5) is 0 Å². The van der Waals surface area contributed by atoms with Crippen LogP contribution in [0.1, 0.15) is 13.8 Å². The summed E-state index contributed by atoms with van der Waals surface area (Å²) in [6.07, 6.45) is 1.63. The Labute approximate surface area is 66.9 Å². The quantitative estimate of drug-likeness (QED) is 0.586. The van der Waals surface area contributed by atoms with Crippen LogP contribution in [0.3, 0.4) is 0 Å². The van der Waals surface area contributed by atoms with Gasteiger partial charge >= 0.3 is 0 Å². The molecule has 0 unspecified atom stereocenters. The van der Waals surface area contributed by atoms with Crippen molar-refractivity contribution in [3.05, 3.63) is 24.0 Å². The molecule has 11 heavy (non-hydrogen) atoms. The molecule has 0 atom stereocenters. The lowest BCUT2D eigenvalue weighted by molar-refractivity contribution is 0.897. The van der Waals surface area contributed by atoms with E-state index in [4.69, 9.17) is 0 Å². The zero-order valence-corrected chi connectivity index (χ0v) is 6.94. The average molecular weight is 151 g/mol. The number of nitrogens with zero attached hydrogens (tertiary/aromatic N) is 1. The van der Waals surface area contributed by atoms with Gasteiger partial charge in [0.25, 0.3) is 0 Å². The first-order chi connectivity index (χ1) is 5.25. The van der Waals surface area contributed by atoms with Gasteiger partial charge in [-0.2, -0.15) is 0 Å². The van der Waals surface area contributed by atoms with Gasteiger partial charge in [-0.15, -0.1) is 0 Å². The van der Waals surface area contributed by atoms with E-state index in [2.05, 4.69) is 22.2 Å². The van der Waals surface area contributed by atoms with E-state index >= 15 is 0 Å². The molecule has 0 bridgehead atoms. The van der Waals surface area contributed by atoms with Gasteiger partial charge in [-0.3, -0.25) is 0 Å². The third kappa shape index (κ3) is 1.61. The molecule has 0 aromatic rings. The molecule has 3 heteroatoms. The van der Waals surface area contributed by atoms with Crippen molar-refractivity contribution in [1.29, 1.82) is 0 Å². The highest BCUT2D eigenvalue weighted by Crippen LogP contribution is 2.05. The Hall–Kier alpha value is -1.25. The van der Waals surface area contributed by atoms with Gasteiger partial charge in [-0.05, 0) is 25.6 Å². The molecule has 0 saturated heterocycles. The van der Waals surface area contributed by atoms with Gasteiger partial charge < -0.3 is 10.6 Å². The van der Waals surface area contributed by atoms with E-state index in [1.807, 2.05) is 13.8 Å². The van der Waals surface area contributed by atoms with Crippen LogP contribution >= 0.6 is 0 Å². The second kappa shape index (κ2) is 3.23. The molecular weight excluding hydrogens is 138 g/mol. The maximum Gasteiger partial charge on any atom is 0.150 e. The Morgan fingerprint density at radius 1 is 1.73 bits per heavy atom. The molecule has 0 aromatic heterocycles. The first-order valence-corrected chi connectivity index (χ1v) is 3.59. The van der Waals surface area contributed by atoms with Crippen molar-refractivity contribution >= 4 is 5.84 Å². The van der Waals surface area contributed by atoms with Crippen LogP contribution in [-0.4, -0.2) is 12.5 Å². The van der Waals surface area contributed by atoms with Crippen LogP contribution in [0.2, 0.25) is 0 Å². The smallest absolute Gasteiger partial charge is 0.150 e. The third-order valence-electron chi connectivity index (χ3n) is 1.47. The molecular formula is C8H13N3. The molecule has 1 aliphatic heterocycles. The van der Waals surface area contributed by atoms with E-state index in [1.54, 1.807) is 6.20 Å². The van der Waals surface area contributed by atoms with Crippen LogP contribution in [0.25, 0.3) is 0 Å². The molecule has 0 aromatic carbocycles. The largest absolute Gasteiger partial charge is 0.363 e. The number of allylic oxidation sites excluding steroid dienone is 1. The number of aliphatic imine (C=N–C) groups is 1. The van der Waals surface area contributed by atoms with Crippen LogP contribution in [0, 0.1) is 0 Å². The molecule has 2 N–H and O–H groups in total. The van der Waals surface area contributed by atoms with Gasteiger partial charge in [-0.25, -0.2) is 4.99 Å². The van der Waals surface area contributed by atoms with E-state index in [1.165, 1.54) is 5.57 Å². The van der Waals surface area contributed by atoms with Crippen molar-refractivity contribution in [2.75, 3.05) is 6.67 Å². The first-order valence-electron chi connectivity index (χ1n) is 3.59. The van der Waals surface area contributed by atoms with Crippen LogP contribution in [0.15, 0.2) is 29.0 Å². The van der Waals surface area contributed by atoms with Crippen molar-refractivity contribution in [2.45, 2.75) is 13.8 Å². The van der Waals surface area contributed by atoms with Gasteiger partial charge in [0.1, 0.15) is 12.5 Å². The topological polar surface area (TPSA) is 36.4 Å². The van der Waals surface area contributed by atoms with E-state index in [-0.39, 0.29) is 0 Å². The summed E-state index contributed by atoms with van der Waals surface area (Å²) < 4.78 is 0. The molecule has 0 aliphatic carbocycles. The van der Waals surface area contributed by atoms with Crippen molar-refractivity contribution in [1.82, 2.24) is 10.6 Å². The zero-order chi connectivity index (χ0) is 8.27. The molecule has 1 aliphatic rings. The SMILES string of the molecule is C=CNC1=NCNC1=C(C)C. The third-order valence-corrected chi connectivity index (χ3v) is 1.47. The van der Waals surface area contributed by atoms with E-state index in [0.717, 1.165) is 11.5 Å². The lowest BCUT2D eigenvalue weighted by Gasteiger charge is -2.04. The highest BCUT2D eigenvalue weighted by atomic mass is 15.2. The minimum atomic E-state index is 0.663. The molecule has 1 rings (SSSR count). The fourth-order valence-corrected chi connectivity index (χ4v) is 0.988. The summed E-state index contributed by atoms with van der Waals surface area (Å²) >= 11 is 0. The second-order valence-corrected chi connectivity index (χ2v) is 2.57.